The van der Waals surface area contributed by atoms with Crippen LogP contribution in [0.15, 0.2) is 48.5 Å². The van der Waals surface area contributed by atoms with Gasteiger partial charge < -0.3 is 15.7 Å². The van der Waals surface area contributed by atoms with Crippen LogP contribution in [-0.4, -0.2) is 23.5 Å². The Morgan fingerprint density at radius 2 is 1.64 bits per heavy atom. The lowest BCUT2D eigenvalue weighted by Gasteiger charge is -2.24. The molecule has 2 aromatic rings. The van der Waals surface area contributed by atoms with Gasteiger partial charge in [-0.05, 0) is 42.3 Å². The van der Waals surface area contributed by atoms with Crippen molar-refractivity contribution in [1.82, 2.24) is 10.6 Å². The van der Waals surface area contributed by atoms with Gasteiger partial charge in [0.2, 0.25) is 5.91 Å². The molecule has 0 bridgehead atoms. The average Bonchev–Trinajstić information content (AvgIpc) is 2.59. The van der Waals surface area contributed by atoms with E-state index in [1.165, 1.54) is 31.2 Å². The zero-order valence-corrected chi connectivity index (χ0v) is 14.2. The van der Waals surface area contributed by atoms with Crippen LogP contribution in [0.1, 0.15) is 35.3 Å². The summed E-state index contributed by atoms with van der Waals surface area (Å²) in [7, 11) is 0. The first kappa shape index (κ1) is 18.6. The molecule has 25 heavy (non-hydrogen) atoms. The Labute approximate surface area is 145 Å². The topological polar surface area (TPSA) is 78.4 Å². The monoisotopic (exact) mass is 344 g/mol. The maximum Gasteiger partial charge on any atom is 0.251 e. The van der Waals surface area contributed by atoms with Crippen molar-refractivity contribution in [3.05, 3.63) is 71.0 Å². The SMILES string of the molecule is CC(=O)NCc1ccc(C(=O)NCC(C)(O)c2ccc(F)cc2)cc1. The molecule has 0 aromatic heterocycles. The Bertz CT molecular complexity index is 740. The normalized spacial score (nSPS) is 13.0. The molecule has 0 radical (unpaired) electrons. The van der Waals surface area contributed by atoms with Crippen molar-refractivity contribution in [1.29, 1.82) is 0 Å². The lowest BCUT2D eigenvalue weighted by atomic mass is 9.96. The van der Waals surface area contributed by atoms with Crippen LogP contribution in [0.2, 0.25) is 0 Å². The second kappa shape index (κ2) is 7.90. The number of carbonyl (C=O) groups excluding carboxylic acids is 2. The molecule has 0 heterocycles. The minimum absolute atomic E-state index is 0.00882. The van der Waals surface area contributed by atoms with Crippen LogP contribution >= 0.6 is 0 Å². The average molecular weight is 344 g/mol. The standard InChI is InChI=1S/C19H21FN2O3/c1-13(23)21-11-14-3-5-15(6-4-14)18(24)22-12-19(2,25)16-7-9-17(20)10-8-16/h3-10,25H,11-12H2,1-2H3,(H,21,23)(H,22,24). The number of halogens is 1. The second-order valence-electron chi connectivity index (χ2n) is 6.07. The zero-order chi connectivity index (χ0) is 18.4. The highest BCUT2D eigenvalue weighted by Gasteiger charge is 2.24. The first-order valence-corrected chi connectivity index (χ1v) is 7.88. The smallest absolute Gasteiger partial charge is 0.251 e. The van der Waals surface area contributed by atoms with E-state index in [1.54, 1.807) is 31.2 Å². The van der Waals surface area contributed by atoms with Crippen LogP contribution in [-0.2, 0) is 16.9 Å². The summed E-state index contributed by atoms with van der Waals surface area (Å²) in [5, 5.41) is 15.8. The van der Waals surface area contributed by atoms with Crippen LogP contribution < -0.4 is 10.6 Å². The molecule has 0 spiro atoms. The van der Waals surface area contributed by atoms with E-state index in [2.05, 4.69) is 10.6 Å². The third-order valence-electron chi connectivity index (χ3n) is 3.82. The molecule has 3 N–H and O–H groups in total. The minimum Gasteiger partial charge on any atom is -0.384 e. The van der Waals surface area contributed by atoms with Gasteiger partial charge in [0, 0.05) is 19.0 Å². The number of benzene rings is 2. The van der Waals surface area contributed by atoms with E-state index in [1.807, 2.05) is 0 Å². The van der Waals surface area contributed by atoms with Crippen LogP contribution in [0.25, 0.3) is 0 Å². The molecule has 0 saturated carbocycles. The molecule has 1 unspecified atom stereocenters. The molecular formula is C19H21FN2O3. The highest BCUT2D eigenvalue weighted by Crippen LogP contribution is 2.20. The van der Waals surface area contributed by atoms with Crippen molar-refractivity contribution < 1.29 is 19.1 Å². The van der Waals surface area contributed by atoms with Gasteiger partial charge in [-0.1, -0.05) is 24.3 Å². The summed E-state index contributed by atoms with van der Waals surface area (Å²) >= 11 is 0. The molecule has 2 amide bonds. The predicted molar refractivity (Wildman–Crippen MR) is 92.3 cm³/mol. The molecule has 0 aliphatic carbocycles. The molecule has 0 aliphatic rings. The molecule has 132 valence electrons. The van der Waals surface area contributed by atoms with E-state index < -0.39 is 5.60 Å². The number of rotatable bonds is 6. The van der Waals surface area contributed by atoms with Crippen molar-refractivity contribution in [2.24, 2.45) is 0 Å². The van der Waals surface area contributed by atoms with Gasteiger partial charge in [-0.3, -0.25) is 9.59 Å². The Balaban J connectivity index is 1.95. The molecule has 0 aliphatic heterocycles. The van der Waals surface area contributed by atoms with E-state index in [0.29, 0.717) is 17.7 Å². The van der Waals surface area contributed by atoms with Gasteiger partial charge in [0.1, 0.15) is 11.4 Å². The fraction of sp³-hybridized carbons (Fsp3) is 0.263. The van der Waals surface area contributed by atoms with Gasteiger partial charge in [0.25, 0.3) is 5.91 Å². The summed E-state index contributed by atoms with van der Waals surface area (Å²) in [5.74, 6) is -0.832. The quantitative estimate of drug-likeness (QED) is 0.751. The molecule has 6 heteroatoms. The van der Waals surface area contributed by atoms with Crippen molar-refractivity contribution in [2.75, 3.05) is 6.54 Å². The Kier molecular flexibility index (Phi) is 5.88. The molecule has 0 saturated heterocycles. The van der Waals surface area contributed by atoms with Gasteiger partial charge in [0.15, 0.2) is 0 Å². The number of hydrogen-bond donors (Lipinski definition) is 3. The van der Waals surface area contributed by atoms with Crippen LogP contribution in [0, 0.1) is 5.82 Å². The summed E-state index contributed by atoms with van der Waals surface area (Å²) in [6.45, 7) is 3.38. The first-order valence-electron chi connectivity index (χ1n) is 7.88. The van der Waals surface area contributed by atoms with E-state index in [4.69, 9.17) is 0 Å². The minimum atomic E-state index is -1.31. The summed E-state index contributed by atoms with van der Waals surface area (Å²) in [6.07, 6.45) is 0. The first-order chi connectivity index (χ1) is 11.8. The van der Waals surface area contributed by atoms with E-state index in [-0.39, 0.29) is 24.2 Å². The van der Waals surface area contributed by atoms with Gasteiger partial charge in [-0.15, -0.1) is 0 Å². The molecule has 2 rings (SSSR count). The van der Waals surface area contributed by atoms with Gasteiger partial charge in [0.05, 0.1) is 6.54 Å². The summed E-state index contributed by atoms with van der Waals surface area (Å²) in [4.78, 5) is 23.1. The van der Waals surface area contributed by atoms with E-state index in [9.17, 15) is 19.1 Å². The summed E-state index contributed by atoms with van der Waals surface area (Å²) in [5.41, 5.74) is 0.528. The number of amides is 2. The number of aliphatic hydroxyl groups is 1. The van der Waals surface area contributed by atoms with Crippen molar-refractivity contribution in [3.63, 3.8) is 0 Å². The van der Waals surface area contributed by atoms with Crippen LogP contribution in [0.5, 0.6) is 0 Å². The highest BCUT2D eigenvalue weighted by atomic mass is 19.1. The van der Waals surface area contributed by atoms with Crippen LogP contribution in [0.4, 0.5) is 4.39 Å². The van der Waals surface area contributed by atoms with Gasteiger partial charge in [-0.25, -0.2) is 4.39 Å². The Hall–Kier alpha value is -2.73. The zero-order valence-electron chi connectivity index (χ0n) is 14.2. The number of hydrogen-bond acceptors (Lipinski definition) is 3. The Morgan fingerprint density at radius 3 is 2.20 bits per heavy atom. The van der Waals surface area contributed by atoms with Gasteiger partial charge >= 0.3 is 0 Å². The van der Waals surface area contributed by atoms with Crippen molar-refractivity contribution in [3.8, 4) is 0 Å². The molecule has 2 aromatic carbocycles. The summed E-state index contributed by atoms with van der Waals surface area (Å²) < 4.78 is 13.0. The van der Waals surface area contributed by atoms with Crippen LogP contribution in [0.3, 0.4) is 0 Å². The lowest BCUT2D eigenvalue weighted by molar-refractivity contribution is -0.119. The summed E-state index contributed by atoms with van der Waals surface area (Å²) in [6, 6.07) is 12.3. The lowest BCUT2D eigenvalue weighted by Crippen LogP contribution is -2.38. The third-order valence-corrected chi connectivity index (χ3v) is 3.82. The number of carbonyl (C=O) groups is 2. The predicted octanol–water partition coefficient (Wildman–Crippen LogP) is 2.10. The Morgan fingerprint density at radius 1 is 1.04 bits per heavy atom. The second-order valence-corrected chi connectivity index (χ2v) is 6.07. The third kappa shape index (κ3) is 5.39. The van der Waals surface area contributed by atoms with Crippen molar-refractivity contribution >= 4 is 11.8 Å². The largest absolute Gasteiger partial charge is 0.384 e. The maximum atomic E-state index is 13.0. The molecular weight excluding hydrogens is 323 g/mol. The van der Waals surface area contributed by atoms with E-state index >= 15 is 0 Å². The highest BCUT2D eigenvalue weighted by molar-refractivity contribution is 5.94. The van der Waals surface area contributed by atoms with Crippen molar-refractivity contribution in [2.45, 2.75) is 26.0 Å². The van der Waals surface area contributed by atoms with E-state index in [0.717, 1.165) is 5.56 Å². The number of nitrogens with one attached hydrogen (secondary N) is 2. The molecule has 1 atom stereocenters. The molecule has 0 fully saturated rings. The molecule has 5 nitrogen and oxygen atoms in total. The fourth-order valence-corrected chi connectivity index (χ4v) is 2.27. The maximum absolute atomic E-state index is 13.0. The van der Waals surface area contributed by atoms with Gasteiger partial charge in [-0.2, -0.15) is 0 Å². The fourth-order valence-electron chi connectivity index (χ4n) is 2.27.